The summed E-state index contributed by atoms with van der Waals surface area (Å²) < 4.78 is 0. The second-order valence-corrected chi connectivity index (χ2v) is 5.15. The highest BCUT2D eigenvalue weighted by atomic mass is 16.2. The van der Waals surface area contributed by atoms with Crippen LogP contribution in [0.5, 0.6) is 0 Å². The number of carbonyl (C=O) groups is 2. The summed E-state index contributed by atoms with van der Waals surface area (Å²) >= 11 is 0. The highest BCUT2D eigenvalue weighted by Gasteiger charge is 2.19. The summed E-state index contributed by atoms with van der Waals surface area (Å²) in [6.45, 7) is 3.81. The maximum atomic E-state index is 12.1. The molecule has 0 fully saturated rings. The molecule has 0 radical (unpaired) electrons. The van der Waals surface area contributed by atoms with E-state index < -0.39 is 11.9 Å². The summed E-state index contributed by atoms with van der Waals surface area (Å²) in [5.74, 6) is -0.605. The summed E-state index contributed by atoms with van der Waals surface area (Å²) in [4.78, 5) is 32.1. The highest BCUT2D eigenvalue weighted by Crippen LogP contribution is 2.04. The van der Waals surface area contributed by atoms with Crippen LogP contribution in [0.2, 0.25) is 0 Å². The molecule has 120 valence electrons. The van der Waals surface area contributed by atoms with E-state index in [-0.39, 0.29) is 12.5 Å². The first-order valence-corrected chi connectivity index (χ1v) is 7.17. The van der Waals surface area contributed by atoms with Gasteiger partial charge in [0.2, 0.25) is 11.9 Å². The number of benzene rings is 1. The number of nitrogens with zero attached hydrogens (tertiary/aromatic N) is 2. The van der Waals surface area contributed by atoms with E-state index in [0.29, 0.717) is 11.5 Å². The van der Waals surface area contributed by atoms with Gasteiger partial charge in [-0.15, -0.1) is 0 Å². The molecular formula is C16H19N5O2. The Morgan fingerprint density at radius 3 is 2.30 bits per heavy atom. The van der Waals surface area contributed by atoms with Gasteiger partial charge in [-0.1, -0.05) is 18.2 Å². The topological polar surface area (TPSA) is 110 Å². The van der Waals surface area contributed by atoms with Gasteiger partial charge in [0, 0.05) is 23.5 Å². The zero-order chi connectivity index (χ0) is 16.8. The average molecular weight is 313 g/mol. The van der Waals surface area contributed by atoms with Crippen molar-refractivity contribution in [3.05, 3.63) is 53.3 Å². The number of nitrogens with two attached hydrogens (primary N) is 1. The fourth-order valence-corrected chi connectivity index (χ4v) is 2.05. The van der Waals surface area contributed by atoms with Crippen LogP contribution in [0, 0.1) is 13.8 Å². The van der Waals surface area contributed by atoms with Gasteiger partial charge in [-0.05, 0) is 32.0 Å². The number of carbonyl (C=O) groups excluding carboxylic acids is 2. The van der Waals surface area contributed by atoms with E-state index in [0.717, 1.165) is 11.4 Å². The predicted octanol–water partition coefficient (Wildman–Crippen LogP) is 0.789. The van der Waals surface area contributed by atoms with Crippen LogP contribution < -0.4 is 16.4 Å². The summed E-state index contributed by atoms with van der Waals surface area (Å²) in [6, 6.07) is 9.59. The number of anilines is 1. The Balaban J connectivity index is 2.01. The Labute approximate surface area is 134 Å². The van der Waals surface area contributed by atoms with Crippen molar-refractivity contribution in [2.45, 2.75) is 19.9 Å². The summed E-state index contributed by atoms with van der Waals surface area (Å²) in [7, 11) is 0. The summed E-state index contributed by atoms with van der Waals surface area (Å²) in [5, 5.41) is 5.53. The van der Waals surface area contributed by atoms with Crippen LogP contribution in [-0.4, -0.2) is 34.4 Å². The molecule has 0 aliphatic carbocycles. The van der Waals surface area contributed by atoms with Gasteiger partial charge in [0.1, 0.15) is 6.04 Å². The van der Waals surface area contributed by atoms with Gasteiger partial charge >= 0.3 is 0 Å². The molecule has 4 N–H and O–H groups in total. The molecule has 0 spiro atoms. The Hall–Kier alpha value is -2.96. The predicted molar refractivity (Wildman–Crippen MR) is 86.9 cm³/mol. The maximum Gasteiger partial charge on any atom is 0.251 e. The maximum absolute atomic E-state index is 12.1. The molecule has 1 aromatic heterocycles. The first kappa shape index (κ1) is 16.4. The minimum Gasteiger partial charge on any atom is -0.368 e. The third-order valence-corrected chi connectivity index (χ3v) is 3.13. The molecule has 0 saturated carbocycles. The Kier molecular flexibility index (Phi) is 5.24. The van der Waals surface area contributed by atoms with Crippen LogP contribution in [0.15, 0.2) is 36.4 Å². The third-order valence-electron chi connectivity index (χ3n) is 3.13. The Bertz CT molecular complexity index is 683. The zero-order valence-electron chi connectivity index (χ0n) is 13.0. The molecule has 0 saturated heterocycles. The lowest BCUT2D eigenvalue weighted by molar-refractivity contribution is -0.119. The van der Waals surface area contributed by atoms with Gasteiger partial charge in [0.05, 0.1) is 0 Å². The highest BCUT2D eigenvalue weighted by molar-refractivity contribution is 5.97. The number of amides is 2. The SMILES string of the molecule is Cc1cc(C)nc(NCC(NC(=O)c2ccccc2)C(N)=O)n1. The molecule has 2 amide bonds. The van der Waals surface area contributed by atoms with Crippen LogP contribution in [0.25, 0.3) is 0 Å². The van der Waals surface area contributed by atoms with Gasteiger partial charge in [0.25, 0.3) is 5.91 Å². The number of aromatic nitrogens is 2. The standard InChI is InChI=1S/C16H19N5O2/c1-10-8-11(2)20-16(19-10)18-9-13(14(17)22)21-15(23)12-6-4-3-5-7-12/h3-8,13H,9H2,1-2H3,(H2,17,22)(H,21,23)(H,18,19,20). The van der Waals surface area contributed by atoms with E-state index in [1.54, 1.807) is 30.3 Å². The normalized spacial score (nSPS) is 11.6. The summed E-state index contributed by atoms with van der Waals surface area (Å²) in [5.41, 5.74) is 7.43. The number of rotatable bonds is 6. The van der Waals surface area contributed by atoms with Gasteiger partial charge in [-0.2, -0.15) is 0 Å². The van der Waals surface area contributed by atoms with Gasteiger partial charge in [-0.25, -0.2) is 9.97 Å². The molecule has 0 aliphatic heterocycles. The van der Waals surface area contributed by atoms with Crippen molar-refractivity contribution in [2.24, 2.45) is 5.73 Å². The number of aryl methyl sites for hydroxylation is 2. The molecule has 0 bridgehead atoms. The van der Waals surface area contributed by atoms with E-state index in [1.165, 1.54) is 0 Å². The van der Waals surface area contributed by atoms with Gasteiger partial charge < -0.3 is 16.4 Å². The van der Waals surface area contributed by atoms with Crippen molar-refractivity contribution >= 4 is 17.8 Å². The van der Waals surface area contributed by atoms with Gasteiger partial charge in [-0.3, -0.25) is 9.59 Å². The minimum absolute atomic E-state index is 0.108. The van der Waals surface area contributed by atoms with Crippen LogP contribution in [0.3, 0.4) is 0 Å². The number of primary amides is 1. The third kappa shape index (κ3) is 4.77. The second kappa shape index (κ2) is 7.35. The Morgan fingerprint density at radius 1 is 1.13 bits per heavy atom. The molecule has 23 heavy (non-hydrogen) atoms. The molecule has 7 heteroatoms. The molecule has 1 heterocycles. The largest absolute Gasteiger partial charge is 0.368 e. The van der Waals surface area contributed by atoms with Gasteiger partial charge in [0.15, 0.2) is 0 Å². The lowest BCUT2D eigenvalue weighted by Crippen LogP contribution is -2.48. The fraction of sp³-hybridized carbons (Fsp3) is 0.250. The second-order valence-electron chi connectivity index (χ2n) is 5.15. The van der Waals surface area contributed by atoms with E-state index in [9.17, 15) is 9.59 Å². The molecular weight excluding hydrogens is 294 g/mol. The number of hydrogen-bond donors (Lipinski definition) is 3. The molecule has 2 aromatic rings. The molecule has 7 nitrogen and oxygen atoms in total. The monoisotopic (exact) mass is 313 g/mol. The fourth-order valence-electron chi connectivity index (χ4n) is 2.05. The van der Waals surface area contributed by atoms with Crippen molar-refractivity contribution in [1.29, 1.82) is 0 Å². The lowest BCUT2D eigenvalue weighted by Gasteiger charge is -2.16. The van der Waals surface area contributed by atoms with Crippen LogP contribution in [0.1, 0.15) is 21.7 Å². The van der Waals surface area contributed by atoms with Crippen LogP contribution in [-0.2, 0) is 4.79 Å². The molecule has 1 atom stereocenters. The van der Waals surface area contributed by atoms with Crippen LogP contribution in [0.4, 0.5) is 5.95 Å². The van der Waals surface area contributed by atoms with Crippen molar-refractivity contribution in [2.75, 3.05) is 11.9 Å². The smallest absolute Gasteiger partial charge is 0.251 e. The number of nitrogens with one attached hydrogen (secondary N) is 2. The summed E-state index contributed by atoms with van der Waals surface area (Å²) in [6.07, 6.45) is 0. The zero-order valence-corrected chi connectivity index (χ0v) is 13.0. The quantitative estimate of drug-likeness (QED) is 0.730. The number of hydrogen-bond acceptors (Lipinski definition) is 5. The Morgan fingerprint density at radius 2 is 1.74 bits per heavy atom. The van der Waals surface area contributed by atoms with Crippen molar-refractivity contribution in [3.8, 4) is 0 Å². The molecule has 2 rings (SSSR count). The lowest BCUT2D eigenvalue weighted by atomic mass is 10.2. The van der Waals surface area contributed by atoms with E-state index in [2.05, 4.69) is 20.6 Å². The van der Waals surface area contributed by atoms with Crippen molar-refractivity contribution < 1.29 is 9.59 Å². The van der Waals surface area contributed by atoms with E-state index in [1.807, 2.05) is 19.9 Å². The first-order chi connectivity index (χ1) is 11.0. The van der Waals surface area contributed by atoms with Crippen LogP contribution >= 0.6 is 0 Å². The minimum atomic E-state index is -0.868. The van der Waals surface area contributed by atoms with E-state index >= 15 is 0 Å². The first-order valence-electron chi connectivity index (χ1n) is 7.17. The van der Waals surface area contributed by atoms with Crippen molar-refractivity contribution in [1.82, 2.24) is 15.3 Å². The molecule has 0 aliphatic rings. The average Bonchev–Trinajstić information content (AvgIpc) is 2.50. The van der Waals surface area contributed by atoms with E-state index in [4.69, 9.17) is 5.73 Å². The van der Waals surface area contributed by atoms with Crippen molar-refractivity contribution in [3.63, 3.8) is 0 Å². The molecule has 1 aromatic carbocycles. The molecule has 1 unspecified atom stereocenters.